The van der Waals surface area contributed by atoms with Crippen molar-refractivity contribution in [2.75, 3.05) is 13.2 Å². The van der Waals surface area contributed by atoms with Crippen LogP contribution in [0.4, 0.5) is 0 Å². The van der Waals surface area contributed by atoms with Gasteiger partial charge in [-0.3, -0.25) is 5.43 Å². The molecule has 0 heterocycles. The summed E-state index contributed by atoms with van der Waals surface area (Å²) in [6.07, 6.45) is 2.15. The minimum Gasteiger partial charge on any atom is -0.546 e. The number of benzene rings is 1. The maximum Gasteiger partial charge on any atom is 0.186 e. The number of ether oxygens (including phenoxy) is 1. The highest BCUT2D eigenvalue weighted by Gasteiger charge is 2.00. The fraction of sp³-hybridized carbons (Fsp3) is 0.400. The van der Waals surface area contributed by atoms with Gasteiger partial charge in [0.15, 0.2) is 5.11 Å². The van der Waals surface area contributed by atoms with Crippen molar-refractivity contribution < 1.29 is 14.6 Å². The first-order valence-corrected chi connectivity index (χ1v) is 7.45. The third-order valence-corrected chi connectivity index (χ3v) is 3.01. The van der Waals surface area contributed by atoms with Gasteiger partial charge in [-0.1, -0.05) is 13.3 Å². The zero-order chi connectivity index (χ0) is 16.4. The summed E-state index contributed by atoms with van der Waals surface area (Å²) < 4.78 is 5.01. The second-order valence-corrected chi connectivity index (χ2v) is 5.01. The van der Waals surface area contributed by atoms with E-state index in [1.54, 1.807) is 24.3 Å². The molecule has 120 valence electrons. The first kappa shape index (κ1) is 17.9. The van der Waals surface area contributed by atoms with E-state index in [0.29, 0.717) is 10.9 Å². The average molecular weight is 322 g/mol. The highest BCUT2D eigenvalue weighted by Crippen LogP contribution is 2.12. The summed E-state index contributed by atoms with van der Waals surface area (Å²) in [5.74, 6) is -0.791. The van der Waals surface area contributed by atoms with Crippen molar-refractivity contribution in [2.45, 2.75) is 26.7 Å². The summed E-state index contributed by atoms with van der Waals surface area (Å²) in [6.45, 7) is 4.31. The van der Waals surface area contributed by atoms with Crippen LogP contribution in [0.15, 0.2) is 29.4 Å². The van der Waals surface area contributed by atoms with Gasteiger partial charge in [-0.25, -0.2) is 0 Å². The number of carboxylic acids is 1. The zero-order valence-electron chi connectivity index (χ0n) is 12.7. The molecule has 6 nitrogen and oxygen atoms in total. The van der Waals surface area contributed by atoms with E-state index in [2.05, 4.69) is 22.8 Å². The Morgan fingerprint density at radius 2 is 2.05 bits per heavy atom. The summed E-state index contributed by atoms with van der Waals surface area (Å²) in [5.41, 5.74) is 4.42. The van der Waals surface area contributed by atoms with Gasteiger partial charge in [-0.15, -0.1) is 0 Å². The van der Waals surface area contributed by atoms with Gasteiger partial charge >= 0.3 is 0 Å². The third-order valence-electron chi connectivity index (χ3n) is 2.77. The van der Waals surface area contributed by atoms with Crippen LogP contribution >= 0.6 is 12.2 Å². The van der Waals surface area contributed by atoms with Gasteiger partial charge in [0.25, 0.3) is 0 Å². The summed E-state index contributed by atoms with van der Waals surface area (Å²) in [5, 5.41) is 18.1. The molecule has 0 saturated heterocycles. The van der Waals surface area contributed by atoms with Crippen molar-refractivity contribution >= 4 is 29.0 Å². The predicted octanol–water partition coefficient (Wildman–Crippen LogP) is 0.803. The molecule has 0 unspecified atom stereocenters. The molecule has 1 aromatic rings. The van der Waals surface area contributed by atoms with Gasteiger partial charge in [0.05, 0.1) is 11.7 Å². The molecule has 22 heavy (non-hydrogen) atoms. The van der Waals surface area contributed by atoms with Crippen molar-refractivity contribution in [3.05, 3.63) is 29.8 Å². The Balaban J connectivity index is 2.50. The molecule has 0 aliphatic heterocycles. The molecule has 2 N–H and O–H groups in total. The van der Waals surface area contributed by atoms with Gasteiger partial charge in [-0.2, -0.15) is 5.10 Å². The van der Waals surface area contributed by atoms with E-state index in [1.807, 2.05) is 6.92 Å². The van der Waals surface area contributed by atoms with E-state index in [4.69, 9.17) is 17.0 Å². The molecule has 0 fully saturated rings. The maximum atomic E-state index is 10.3. The molecule has 0 aliphatic rings. The van der Waals surface area contributed by atoms with Gasteiger partial charge in [0.1, 0.15) is 12.4 Å². The molecule has 7 heteroatoms. The summed E-state index contributed by atoms with van der Waals surface area (Å²) in [4.78, 5) is 10.3. The lowest BCUT2D eigenvalue weighted by atomic mass is 10.1. The van der Waals surface area contributed by atoms with E-state index in [1.165, 1.54) is 0 Å². The smallest absolute Gasteiger partial charge is 0.186 e. The number of carbonyl (C=O) groups is 1. The van der Waals surface area contributed by atoms with Crippen LogP contribution in [0.2, 0.25) is 0 Å². The van der Waals surface area contributed by atoms with Crippen molar-refractivity contribution in [3.8, 4) is 5.75 Å². The van der Waals surface area contributed by atoms with Crippen molar-refractivity contribution in [1.82, 2.24) is 10.7 Å². The van der Waals surface area contributed by atoms with Crippen molar-refractivity contribution in [2.24, 2.45) is 5.10 Å². The number of thiocarbonyl (C=S) groups is 1. The van der Waals surface area contributed by atoms with Gasteiger partial charge < -0.3 is 20.0 Å². The predicted molar refractivity (Wildman–Crippen MR) is 87.8 cm³/mol. The number of nitrogens with one attached hydrogen (secondary N) is 2. The summed E-state index contributed by atoms with van der Waals surface area (Å²) in [7, 11) is 0. The van der Waals surface area contributed by atoms with Crippen LogP contribution in [0.5, 0.6) is 5.75 Å². The maximum absolute atomic E-state index is 10.3. The molecule has 0 atom stereocenters. The van der Waals surface area contributed by atoms with E-state index < -0.39 is 12.6 Å². The molecular weight excluding hydrogens is 302 g/mol. The van der Waals surface area contributed by atoms with Crippen LogP contribution in [-0.4, -0.2) is 29.9 Å². The van der Waals surface area contributed by atoms with Crippen LogP contribution in [0, 0.1) is 0 Å². The topological polar surface area (TPSA) is 85.8 Å². The lowest BCUT2D eigenvalue weighted by Crippen LogP contribution is -2.33. The minimum atomic E-state index is -1.25. The third kappa shape index (κ3) is 7.03. The van der Waals surface area contributed by atoms with E-state index >= 15 is 0 Å². The largest absolute Gasteiger partial charge is 0.546 e. The second-order valence-electron chi connectivity index (χ2n) is 4.60. The first-order valence-electron chi connectivity index (χ1n) is 7.04. The molecule has 0 aliphatic carbocycles. The first-order chi connectivity index (χ1) is 10.5. The Morgan fingerprint density at radius 1 is 1.36 bits per heavy atom. The summed E-state index contributed by atoms with van der Waals surface area (Å²) in [6, 6.07) is 6.93. The molecule has 0 aromatic heterocycles. The number of rotatable bonds is 8. The number of unbranched alkanes of at least 4 members (excludes halogenated alkanes) is 1. The normalized spacial score (nSPS) is 10.9. The number of hydrazone groups is 1. The Kier molecular flexibility index (Phi) is 7.91. The number of hydrogen-bond donors (Lipinski definition) is 2. The minimum absolute atomic E-state index is 0.463. The standard InChI is InChI=1S/C15H21N3O3S/c1-3-4-9-16-15(22)18-17-11(2)12-5-7-13(8-6-12)21-10-14(19)20/h5-8H,3-4,9-10H2,1-2H3,(H,19,20)(H2,16,18,22)/p-1/b17-11-. The Labute approximate surface area is 135 Å². The second kappa shape index (κ2) is 9.73. The monoisotopic (exact) mass is 322 g/mol. The number of hydrogen-bond acceptors (Lipinski definition) is 5. The fourth-order valence-corrected chi connectivity index (χ4v) is 1.70. The Hall–Kier alpha value is -2.15. The zero-order valence-corrected chi connectivity index (χ0v) is 13.5. The van der Waals surface area contributed by atoms with E-state index in [0.717, 1.165) is 30.7 Å². The highest BCUT2D eigenvalue weighted by molar-refractivity contribution is 7.80. The lowest BCUT2D eigenvalue weighted by molar-refractivity contribution is -0.307. The van der Waals surface area contributed by atoms with E-state index in [9.17, 15) is 9.90 Å². The van der Waals surface area contributed by atoms with Crippen molar-refractivity contribution in [1.29, 1.82) is 0 Å². The fourth-order valence-electron chi connectivity index (χ4n) is 1.55. The Morgan fingerprint density at radius 3 is 2.64 bits per heavy atom. The highest BCUT2D eigenvalue weighted by atomic mass is 32.1. The number of aliphatic carboxylic acids is 1. The number of carboxylic acid groups (broad SMARTS) is 1. The summed E-state index contributed by atoms with van der Waals surface area (Å²) >= 11 is 5.10. The number of nitrogens with zero attached hydrogens (tertiary/aromatic N) is 1. The van der Waals surface area contributed by atoms with Crippen LogP contribution in [0.25, 0.3) is 0 Å². The van der Waals surface area contributed by atoms with Crippen LogP contribution in [0.3, 0.4) is 0 Å². The molecule has 1 rings (SSSR count). The molecule has 0 saturated carbocycles. The SMILES string of the molecule is CCCCNC(=S)N/N=C(/C)c1ccc(OCC(=O)[O-])cc1. The molecule has 0 bridgehead atoms. The Bertz CT molecular complexity index is 529. The van der Waals surface area contributed by atoms with Crippen LogP contribution in [0.1, 0.15) is 32.3 Å². The van der Waals surface area contributed by atoms with Gasteiger partial charge in [0, 0.05) is 6.54 Å². The molecular formula is C15H20N3O3S-. The van der Waals surface area contributed by atoms with Crippen LogP contribution in [-0.2, 0) is 4.79 Å². The average Bonchev–Trinajstić information content (AvgIpc) is 2.51. The van der Waals surface area contributed by atoms with Gasteiger partial charge in [-0.05, 0) is 55.4 Å². The molecule has 0 amide bonds. The molecule has 1 aromatic carbocycles. The van der Waals surface area contributed by atoms with E-state index in [-0.39, 0.29) is 0 Å². The number of carbonyl (C=O) groups excluding carboxylic acids is 1. The van der Waals surface area contributed by atoms with Gasteiger partial charge in [0.2, 0.25) is 0 Å². The quantitative estimate of drug-likeness (QED) is 0.319. The van der Waals surface area contributed by atoms with Crippen molar-refractivity contribution in [3.63, 3.8) is 0 Å². The van der Waals surface area contributed by atoms with Crippen LogP contribution < -0.4 is 20.6 Å². The molecule has 0 radical (unpaired) electrons. The lowest BCUT2D eigenvalue weighted by Gasteiger charge is -2.09. The molecule has 0 spiro atoms.